The Labute approximate surface area is 236 Å². The average Bonchev–Trinajstić information content (AvgIpc) is 3.51. The summed E-state index contributed by atoms with van der Waals surface area (Å²) in [5.74, 6) is 1.02. The zero-order valence-electron chi connectivity index (χ0n) is 24.2. The predicted molar refractivity (Wildman–Crippen MR) is 151 cm³/mol. The lowest BCUT2D eigenvalue weighted by molar-refractivity contribution is -0.144. The van der Waals surface area contributed by atoms with Crippen molar-refractivity contribution in [3.8, 4) is 5.75 Å². The molecule has 6 rings (SSSR count). The number of imidazole rings is 1. The number of hydrogen-bond donors (Lipinski definition) is 4. The van der Waals surface area contributed by atoms with E-state index in [9.17, 15) is 14.3 Å². The highest BCUT2D eigenvalue weighted by Gasteiger charge is 2.45. The second-order valence-corrected chi connectivity index (χ2v) is 12.5. The Bertz CT molecular complexity index is 1240. The zero-order chi connectivity index (χ0) is 28.1. The Hall–Kier alpha value is -2.53. The molecule has 1 aromatic heterocycles. The van der Waals surface area contributed by atoms with Crippen molar-refractivity contribution in [2.24, 2.45) is 5.92 Å². The van der Waals surface area contributed by atoms with Crippen LogP contribution in [0, 0.1) is 11.7 Å². The minimum Gasteiger partial charge on any atom is -0.505 e. The Balaban J connectivity index is 1.15. The number of likely N-dealkylation sites (N-methyl/N-ethyl adjacent to an activating group) is 1. The topological polar surface area (TPSA) is 99.8 Å². The molecule has 1 saturated carbocycles. The van der Waals surface area contributed by atoms with Gasteiger partial charge in [0.25, 0.3) is 0 Å². The summed E-state index contributed by atoms with van der Waals surface area (Å²) in [4.78, 5) is 28.8. The molecular formula is C30H44FN7O2. The summed E-state index contributed by atoms with van der Waals surface area (Å²) in [6.07, 6.45) is 5.31. The third-order valence-electron chi connectivity index (χ3n) is 9.85. The lowest BCUT2D eigenvalue weighted by Gasteiger charge is -2.46. The van der Waals surface area contributed by atoms with Crippen molar-refractivity contribution in [2.75, 3.05) is 33.7 Å². The molecule has 4 heterocycles. The van der Waals surface area contributed by atoms with Crippen LogP contribution in [0.15, 0.2) is 12.1 Å². The molecule has 218 valence electrons. The number of aromatic nitrogens is 2. The van der Waals surface area contributed by atoms with Crippen molar-refractivity contribution in [1.82, 2.24) is 35.5 Å². The maximum atomic E-state index is 14.3. The van der Waals surface area contributed by atoms with E-state index in [1.54, 1.807) is 12.1 Å². The normalized spacial score (nSPS) is 28.9. The molecule has 2 aromatic rings. The molecule has 1 amide bonds. The van der Waals surface area contributed by atoms with Gasteiger partial charge in [0.2, 0.25) is 5.91 Å². The van der Waals surface area contributed by atoms with Crippen LogP contribution < -0.4 is 10.9 Å². The fraction of sp³-hybridized carbons (Fsp3) is 0.667. The number of phenols is 1. The highest BCUT2D eigenvalue weighted by atomic mass is 19.1. The zero-order valence-corrected chi connectivity index (χ0v) is 24.2. The van der Waals surface area contributed by atoms with E-state index in [0.29, 0.717) is 18.4 Å². The average molecular weight is 554 g/mol. The molecule has 5 atom stereocenters. The van der Waals surface area contributed by atoms with Crippen molar-refractivity contribution < 1.29 is 14.3 Å². The minimum atomic E-state index is -0.536. The number of aromatic amines is 1. The fourth-order valence-corrected chi connectivity index (χ4v) is 7.40. The molecule has 40 heavy (non-hydrogen) atoms. The first-order valence-corrected chi connectivity index (χ1v) is 15.1. The molecule has 3 aliphatic heterocycles. The van der Waals surface area contributed by atoms with Crippen molar-refractivity contribution in [3.05, 3.63) is 46.3 Å². The maximum Gasteiger partial charge on any atom is 0.240 e. The van der Waals surface area contributed by atoms with Crippen LogP contribution in [0.2, 0.25) is 0 Å². The number of carbonyl (C=O) groups is 1. The third-order valence-corrected chi connectivity index (χ3v) is 9.85. The molecule has 2 saturated heterocycles. The van der Waals surface area contributed by atoms with Gasteiger partial charge >= 0.3 is 0 Å². The number of nitrogens with one attached hydrogen (secondary N) is 3. The van der Waals surface area contributed by atoms with Gasteiger partial charge in [0, 0.05) is 38.1 Å². The molecule has 4 aliphatic rings. The number of likely N-dealkylation sites (tertiary alicyclic amines) is 1. The van der Waals surface area contributed by atoms with E-state index >= 15 is 0 Å². The number of hydrazine groups is 1. The number of aromatic hydroxyl groups is 1. The molecule has 4 N–H and O–H groups in total. The molecule has 10 heteroatoms. The molecule has 1 aliphatic carbocycles. The van der Waals surface area contributed by atoms with Crippen LogP contribution in [-0.2, 0) is 24.2 Å². The van der Waals surface area contributed by atoms with Crippen LogP contribution in [0.4, 0.5) is 4.39 Å². The quantitative estimate of drug-likeness (QED) is 0.419. The summed E-state index contributed by atoms with van der Waals surface area (Å²) < 4.78 is 14.3. The molecule has 3 fully saturated rings. The van der Waals surface area contributed by atoms with Gasteiger partial charge < -0.3 is 19.9 Å². The van der Waals surface area contributed by atoms with E-state index < -0.39 is 5.82 Å². The first-order chi connectivity index (χ1) is 19.3. The first-order valence-electron chi connectivity index (χ1n) is 15.1. The van der Waals surface area contributed by atoms with Gasteiger partial charge in [-0.1, -0.05) is 13.8 Å². The molecule has 0 spiro atoms. The lowest BCUT2D eigenvalue weighted by Crippen LogP contribution is -2.63. The minimum absolute atomic E-state index is 0.0729. The van der Waals surface area contributed by atoms with Gasteiger partial charge in [-0.25, -0.2) is 14.8 Å². The second kappa shape index (κ2) is 11.0. The predicted octanol–water partition coefficient (Wildman–Crippen LogP) is 2.83. The van der Waals surface area contributed by atoms with Crippen molar-refractivity contribution in [2.45, 2.75) is 89.0 Å². The smallest absolute Gasteiger partial charge is 0.240 e. The number of fused-ring (bicyclic) bond motifs is 2. The van der Waals surface area contributed by atoms with Gasteiger partial charge in [-0.2, -0.15) is 0 Å². The summed E-state index contributed by atoms with van der Waals surface area (Å²) in [6.45, 7) is 7.44. The van der Waals surface area contributed by atoms with E-state index in [1.165, 1.54) is 0 Å². The van der Waals surface area contributed by atoms with Crippen molar-refractivity contribution in [1.29, 1.82) is 0 Å². The molecule has 1 aromatic carbocycles. The standard InChI is InChI=1S/C30H44FN7O2/c1-5-9-37-16-25-24(13-26(37)30(40)38-14-19(15-38)36(3)4)32-29(33-25)28-20-8-7-18(10-23(20)34-35-28)21-12-22(31)27(39)11-17(21)6-2/h11-12,18-20,23,26,28,34-35,39H,5-10,13-16H2,1-4H3,(H,32,33)/t18?,20?,23?,26-,28?/m0/s1. The van der Waals surface area contributed by atoms with Gasteiger partial charge in [-0.05, 0) is 87.8 Å². The van der Waals surface area contributed by atoms with Crippen LogP contribution in [0.3, 0.4) is 0 Å². The van der Waals surface area contributed by atoms with Gasteiger partial charge in [0.05, 0.1) is 23.5 Å². The number of benzene rings is 1. The van der Waals surface area contributed by atoms with Crippen LogP contribution in [0.5, 0.6) is 5.75 Å². The summed E-state index contributed by atoms with van der Waals surface area (Å²) >= 11 is 0. The third kappa shape index (κ3) is 4.93. The van der Waals surface area contributed by atoms with Crippen molar-refractivity contribution in [3.63, 3.8) is 0 Å². The number of hydrogen-bond acceptors (Lipinski definition) is 7. The van der Waals surface area contributed by atoms with Crippen LogP contribution in [0.25, 0.3) is 0 Å². The van der Waals surface area contributed by atoms with Gasteiger partial charge in [0.15, 0.2) is 11.6 Å². The van der Waals surface area contributed by atoms with Gasteiger partial charge in [-0.3, -0.25) is 15.1 Å². The summed E-state index contributed by atoms with van der Waals surface area (Å²) in [5, 5.41) is 9.87. The number of aryl methyl sites for hydroxylation is 1. The number of phenolic OH excluding ortho intramolecular Hbond substituents is 1. The fourth-order valence-electron chi connectivity index (χ4n) is 7.40. The lowest BCUT2D eigenvalue weighted by atomic mass is 9.73. The van der Waals surface area contributed by atoms with E-state index in [1.807, 2.05) is 4.90 Å². The Kier molecular flexibility index (Phi) is 7.63. The van der Waals surface area contributed by atoms with Crippen LogP contribution in [-0.4, -0.2) is 87.5 Å². The van der Waals surface area contributed by atoms with Gasteiger partial charge in [-0.15, -0.1) is 0 Å². The highest BCUT2D eigenvalue weighted by molar-refractivity contribution is 5.83. The van der Waals surface area contributed by atoms with E-state index in [2.05, 4.69) is 53.6 Å². The Morgan fingerprint density at radius 1 is 1.20 bits per heavy atom. The van der Waals surface area contributed by atoms with E-state index in [4.69, 9.17) is 4.98 Å². The maximum absolute atomic E-state index is 14.3. The van der Waals surface area contributed by atoms with E-state index in [-0.39, 0.29) is 35.7 Å². The summed E-state index contributed by atoms with van der Waals surface area (Å²) in [6, 6.07) is 3.77. The van der Waals surface area contributed by atoms with Crippen molar-refractivity contribution >= 4 is 5.91 Å². The summed E-state index contributed by atoms with van der Waals surface area (Å²) in [5.41, 5.74) is 11.3. The number of amides is 1. The Morgan fingerprint density at radius 2 is 2.00 bits per heavy atom. The van der Waals surface area contributed by atoms with Crippen LogP contribution >= 0.6 is 0 Å². The largest absolute Gasteiger partial charge is 0.505 e. The monoisotopic (exact) mass is 553 g/mol. The molecular weight excluding hydrogens is 509 g/mol. The molecule has 0 bridgehead atoms. The number of carbonyl (C=O) groups excluding carboxylic acids is 1. The molecule has 0 radical (unpaired) electrons. The molecule has 4 unspecified atom stereocenters. The van der Waals surface area contributed by atoms with Crippen LogP contribution in [0.1, 0.15) is 79.8 Å². The second-order valence-electron chi connectivity index (χ2n) is 12.5. The summed E-state index contributed by atoms with van der Waals surface area (Å²) in [7, 11) is 4.15. The van der Waals surface area contributed by atoms with E-state index in [0.717, 1.165) is 86.6 Å². The highest BCUT2D eigenvalue weighted by Crippen LogP contribution is 2.44. The van der Waals surface area contributed by atoms with Gasteiger partial charge in [0.1, 0.15) is 5.82 Å². The molecule has 9 nitrogen and oxygen atoms in total. The number of H-pyrrole nitrogens is 1. The number of nitrogens with zero attached hydrogens (tertiary/aromatic N) is 4. The number of rotatable bonds is 7. The number of halogens is 1. The first kappa shape index (κ1) is 27.6. The Morgan fingerprint density at radius 3 is 2.73 bits per heavy atom. The SMILES string of the molecule is CCCN1Cc2[nH]c(C3NNC4CC(c5cc(F)c(O)cc5CC)CCC43)nc2C[C@H]1C(=O)N1CC(N(C)C)C1.